The van der Waals surface area contributed by atoms with Gasteiger partial charge in [0, 0.05) is 25.0 Å². The summed E-state index contributed by atoms with van der Waals surface area (Å²) >= 11 is 0. The van der Waals surface area contributed by atoms with Crippen LogP contribution in [0.4, 0.5) is 0 Å². The van der Waals surface area contributed by atoms with E-state index in [-0.39, 0.29) is 30.0 Å². The van der Waals surface area contributed by atoms with Crippen LogP contribution in [0.5, 0.6) is 0 Å². The molecule has 0 aliphatic carbocycles. The third-order valence-corrected chi connectivity index (χ3v) is 3.11. The molecule has 0 saturated heterocycles. The first-order valence-electron chi connectivity index (χ1n) is 7.25. The summed E-state index contributed by atoms with van der Waals surface area (Å²) < 4.78 is 2.12. The number of nitrogens with zero attached hydrogens (tertiary/aromatic N) is 3. The van der Waals surface area contributed by atoms with Crippen LogP contribution in [0.3, 0.4) is 0 Å². The van der Waals surface area contributed by atoms with E-state index in [4.69, 9.17) is 5.73 Å². The second kappa shape index (κ2) is 9.45. The third-order valence-electron chi connectivity index (χ3n) is 3.11. The molecule has 2 aromatic rings. The summed E-state index contributed by atoms with van der Waals surface area (Å²) in [5.41, 5.74) is 7.13. The van der Waals surface area contributed by atoms with Gasteiger partial charge in [0.05, 0.1) is 0 Å². The number of aromatic nitrogens is 2. The molecular formula is C16H24IN5. The molecule has 0 aliphatic rings. The zero-order valence-corrected chi connectivity index (χ0v) is 15.4. The second-order valence-corrected chi connectivity index (χ2v) is 5.27. The highest BCUT2D eigenvalue weighted by Crippen LogP contribution is 2.05. The molecule has 0 unspecified atom stereocenters. The number of aryl methyl sites for hydroxylation is 2. The number of aliphatic imine (C=N–C) groups is 1. The summed E-state index contributed by atoms with van der Waals surface area (Å²) in [6, 6.07) is 10.7. The van der Waals surface area contributed by atoms with Crippen molar-refractivity contribution in [3.63, 3.8) is 0 Å². The molecule has 1 aromatic heterocycles. The Kier molecular flexibility index (Phi) is 7.94. The Balaban J connectivity index is 0.00000242. The first kappa shape index (κ1) is 18.5. The van der Waals surface area contributed by atoms with Crippen LogP contribution in [-0.2, 0) is 19.5 Å². The lowest BCUT2D eigenvalue weighted by Crippen LogP contribution is -2.36. The van der Waals surface area contributed by atoms with Gasteiger partial charge in [0.1, 0.15) is 12.4 Å². The van der Waals surface area contributed by atoms with Gasteiger partial charge in [0.25, 0.3) is 0 Å². The summed E-state index contributed by atoms with van der Waals surface area (Å²) in [6.45, 7) is 5.45. The number of hydrogen-bond donors (Lipinski definition) is 2. The van der Waals surface area contributed by atoms with Crippen LogP contribution in [0, 0.1) is 0 Å². The van der Waals surface area contributed by atoms with Crippen molar-refractivity contribution in [2.75, 3.05) is 0 Å². The van der Waals surface area contributed by atoms with E-state index in [0.717, 1.165) is 18.8 Å². The Labute approximate surface area is 149 Å². The summed E-state index contributed by atoms with van der Waals surface area (Å²) in [4.78, 5) is 8.67. The first-order valence-corrected chi connectivity index (χ1v) is 7.25. The highest BCUT2D eigenvalue weighted by molar-refractivity contribution is 14.0. The van der Waals surface area contributed by atoms with Gasteiger partial charge in [-0.3, -0.25) is 0 Å². The third kappa shape index (κ3) is 6.05. The van der Waals surface area contributed by atoms with Crippen molar-refractivity contribution in [3.8, 4) is 0 Å². The van der Waals surface area contributed by atoms with Gasteiger partial charge in [-0.05, 0) is 25.8 Å². The minimum atomic E-state index is 0. The standard InChI is InChI=1S/C16H23N5.HI/c1-13(2)20-16(17)19-12-15-18-9-11-21(15)10-8-14-6-4-3-5-7-14;/h3-7,9,11,13H,8,10,12H2,1-2H3,(H3,17,19,20);1H. The van der Waals surface area contributed by atoms with E-state index in [9.17, 15) is 0 Å². The molecule has 0 radical (unpaired) electrons. The van der Waals surface area contributed by atoms with Crippen molar-refractivity contribution in [3.05, 3.63) is 54.1 Å². The molecule has 1 heterocycles. The van der Waals surface area contributed by atoms with Gasteiger partial charge in [-0.2, -0.15) is 0 Å². The number of nitrogens with two attached hydrogens (primary N) is 1. The van der Waals surface area contributed by atoms with Gasteiger partial charge in [0.2, 0.25) is 0 Å². The lowest BCUT2D eigenvalue weighted by atomic mass is 10.1. The van der Waals surface area contributed by atoms with Gasteiger partial charge in [-0.1, -0.05) is 30.3 Å². The van der Waals surface area contributed by atoms with E-state index < -0.39 is 0 Å². The van der Waals surface area contributed by atoms with Crippen molar-refractivity contribution in [1.29, 1.82) is 0 Å². The predicted molar refractivity (Wildman–Crippen MR) is 101 cm³/mol. The molecule has 0 saturated carbocycles. The number of halogens is 1. The van der Waals surface area contributed by atoms with Crippen molar-refractivity contribution in [1.82, 2.24) is 14.9 Å². The molecule has 0 fully saturated rings. The fourth-order valence-electron chi connectivity index (χ4n) is 2.09. The minimum absolute atomic E-state index is 0. The molecule has 0 spiro atoms. The summed E-state index contributed by atoms with van der Waals surface area (Å²) in [5, 5.41) is 3.07. The summed E-state index contributed by atoms with van der Waals surface area (Å²) in [6.07, 6.45) is 4.77. The largest absolute Gasteiger partial charge is 0.370 e. The van der Waals surface area contributed by atoms with Crippen LogP contribution in [0.25, 0.3) is 0 Å². The highest BCUT2D eigenvalue weighted by atomic mass is 127. The number of rotatable bonds is 6. The molecule has 0 aliphatic heterocycles. The SMILES string of the molecule is CC(C)NC(N)=NCc1nccn1CCc1ccccc1.I. The van der Waals surface area contributed by atoms with E-state index in [0.29, 0.717) is 12.5 Å². The zero-order valence-electron chi connectivity index (χ0n) is 13.1. The van der Waals surface area contributed by atoms with Crippen LogP contribution in [0.1, 0.15) is 25.2 Å². The quantitative estimate of drug-likeness (QED) is 0.435. The molecule has 0 amide bonds. The smallest absolute Gasteiger partial charge is 0.189 e. The van der Waals surface area contributed by atoms with Crippen LogP contribution in [0.2, 0.25) is 0 Å². The fraction of sp³-hybridized carbons (Fsp3) is 0.375. The van der Waals surface area contributed by atoms with Crippen molar-refractivity contribution >= 4 is 29.9 Å². The zero-order chi connectivity index (χ0) is 15.1. The lowest BCUT2D eigenvalue weighted by Gasteiger charge is -2.09. The lowest BCUT2D eigenvalue weighted by molar-refractivity contribution is 0.649. The predicted octanol–water partition coefficient (Wildman–Crippen LogP) is 2.56. The monoisotopic (exact) mass is 413 g/mol. The van der Waals surface area contributed by atoms with Crippen LogP contribution in [0.15, 0.2) is 47.7 Å². The average molecular weight is 413 g/mol. The molecule has 120 valence electrons. The van der Waals surface area contributed by atoms with E-state index in [1.165, 1.54) is 5.56 Å². The Morgan fingerprint density at radius 2 is 2.05 bits per heavy atom. The molecule has 0 bridgehead atoms. The van der Waals surface area contributed by atoms with E-state index in [1.54, 1.807) is 0 Å². The van der Waals surface area contributed by atoms with Crippen LogP contribution < -0.4 is 11.1 Å². The summed E-state index contributed by atoms with van der Waals surface area (Å²) in [7, 11) is 0. The molecule has 2 rings (SSSR count). The molecule has 6 heteroatoms. The Bertz CT molecular complexity index is 577. The van der Waals surface area contributed by atoms with Gasteiger partial charge in [0.15, 0.2) is 5.96 Å². The average Bonchev–Trinajstić information content (AvgIpc) is 2.91. The molecule has 5 nitrogen and oxygen atoms in total. The van der Waals surface area contributed by atoms with Crippen molar-refractivity contribution in [2.24, 2.45) is 10.7 Å². The Hall–Kier alpha value is -1.57. The van der Waals surface area contributed by atoms with Gasteiger partial charge >= 0.3 is 0 Å². The maximum Gasteiger partial charge on any atom is 0.189 e. The fourth-order valence-corrected chi connectivity index (χ4v) is 2.09. The second-order valence-electron chi connectivity index (χ2n) is 5.27. The topological polar surface area (TPSA) is 68.2 Å². The van der Waals surface area contributed by atoms with Crippen molar-refractivity contribution in [2.45, 2.75) is 39.4 Å². The maximum absolute atomic E-state index is 5.81. The molecular weight excluding hydrogens is 389 g/mol. The minimum Gasteiger partial charge on any atom is -0.370 e. The Morgan fingerprint density at radius 1 is 1.32 bits per heavy atom. The number of hydrogen-bond acceptors (Lipinski definition) is 2. The van der Waals surface area contributed by atoms with E-state index in [1.807, 2.05) is 32.3 Å². The van der Waals surface area contributed by atoms with Gasteiger partial charge in [-0.15, -0.1) is 24.0 Å². The molecule has 1 aromatic carbocycles. The van der Waals surface area contributed by atoms with Gasteiger partial charge < -0.3 is 15.6 Å². The van der Waals surface area contributed by atoms with Crippen molar-refractivity contribution < 1.29 is 0 Å². The Morgan fingerprint density at radius 3 is 2.73 bits per heavy atom. The first-order chi connectivity index (χ1) is 10.1. The number of nitrogens with one attached hydrogen (secondary N) is 1. The van der Waals surface area contributed by atoms with E-state index >= 15 is 0 Å². The number of imidazole rings is 1. The highest BCUT2D eigenvalue weighted by Gasteiger charge is 2.03. The number of benzene rings is 1. The van der Waals surface area contributed by atoms with E-state index in [2.05, 4.69) is 44.1 Å². The van der Waals surface area contributed by atoms with Crippen LogP contribution in [-0.4, -0.2) is 21.6 Å². The summed E-state index contributed by atoms with van der Waals surface area (Å²) in [5.74, 6) is 1.39. The molecule has 22 heavy (non-hydrogen) atoms. The van der Waals surface area contributed by atoms with Crippen LogP contribution >= 0.6 is 24.0 Å². The maximum atomic E-state index is 5.81. The van der Waals surface area contributed by atoms with Gasteiger partial charge in [-0.25, -0.2) is 9.98 Å². The normalized spacial score (nSPS) is 11.3. The number of guanidine groups is 1. The molecule has 3 N–H and O–H groups in total. The molecule has 0 atom stereocenters.